The molecule has 1 aliphatic rings. The van der Waals surface area contributed by atoms with E-state index in [-0.39, 0.29) is 29.9 Å². The number of carbonyl (C=O) groups is 3. The van der Waals surface area contributed by atoms with E-state index in [0.717, 1.165) is 42.1 Å². The highest BCUT2D eigenvalue weighted by atomic mass is 19.4. The number of guanidine groups is 1. The number of nitrogens with two attached hydrogens (primary N) is 2. The molecule has 1 aromatic carbocycles. The van der Waals surface area contributed by atoms with Crippen LogP contribution in [-0.4, -0.2) is 68.4 Å². The number of hydrogen-bond donors (Lipinski definition) is 6. The molecule has 8 N–H and O–H groups in total. The molecule has 0 bridgehead atoms. The molecule has 2 atom stereocenters. The van der Waals surface area contributed by atoms with Crippen molar-refractivity contribution in [3.8, 4) is 0 Å². The first kappa shape index (κ1) is 36.4. The Balaban J connectivity index is 0.000000548. The minimum absolute atomic E-state index is 0.00536. The molecule has 12 nitrogen and oxygen atoms in total. The summed E-state index contributed by atoms with van der Waals surface area (Å²) in [6.45, 7) is 5.67. The molecule has 238 valence electrons. The summed E-state index contributed by atoms with van der Waals surface area (Å²) in [6.07, 6.45) is -3.45. The van der Waals surface area contributed by atoms with Crippen LogP contribution in [0.1, 0.15) is 44.1 Å². The molecule has 0 radical (unpaired) electrons. The first-order valence-corrected chi connectivity index (χ1v) is 12.5. The number of aryl methyl sites for hydroxylation is 1. The van der Waals surface area contributed by atoms with Crippen LogP contribution in [0.15, 0.2) is 35.8 Å². The third kappa shape index (κ3) is 13.3. The first-order valence-electron chi connectivity index (χ1n) is 12.5. The number of aromatic nitrogens is 2. The first-order chi connectivity index (χ1) is 19.8. The quantitative estimate of drug-likeness (QED) is 0.113. The molecule has 0 saturated heterocycles. The Morgan fingerprint density at radius 1 is 1.05 bits per heavy atom. The summed E-state index contributed by atoms with van der Waals surface area (Å²) in [7, 11) is 0. The maximum atomic E-state index is 12.1. The number of allylic oxidation sites excluding steroid dienone is 1. The number of hydrogen-bond acceptors (Lipinski definition) is 7. The fourth-order valence-corrected chi connectivity index (χ4v) is 3.63. The standard InChI is InChI=1S/C21H29N7O.2C2HF3O2/c1-3-4-9-18(29)27-21-26-15-11-10-13(2)12-14(15)19(28-21)24-16-7-5-6-8-17(16)25-20(22)23;2*3-2(4,5)1(6)7/h3,10-12,16-17H,1,4-9H2,2H3,(H4,22,23,25)(H2,24,26,27,28,29);2*(H,6,7). The molecular formula is C25H31F6N7O5. The van der Waals surface area contributed by atoms with Gasteiger partial charge in [-0.2, -0.15) is 31.3 Å². The number of nitrogens with zero attached hydrogens (tertiary/aromatic N) is 3. The van der Waals surface area contributed by atoms with Gasteiger partial charge >= 0.3 is 24.3 Å². The molecule has 0 spiro atoms. The second-order valence-corrected chi connectivity index (χ2v) is 9.05. The molecule has 18 heteroatoms. The Morgan fingerprint density at radius 2 is 1.60 bits per heavy atom. The van der Waals surface area contributed by atoms with Gasteiger partial charge in [0.15, 0.2) is 5.96 Å². The molecule has 43 heavy (non-hydrogen) atoms. The highest BCUT2D eigenvalue weighted by Gasteiger charge is 2.38. The van der Waals surface area contributed by atoms with Gasteiger partial charge in [0.05, 0.1) is 17.6 Å². The minimum atomic E-state index is -5.08. The average Bonchev–Trinajstić information content (AvgIpc) is 2.88. The lowest BCUT2D eigenvalue weighted by atomic mass is 9.90. The number of benzene rings is 1. The summed E-state index contributed by atoms with van der Waals surface area (Å²) in [5, 5.41) is 21.5. The fraction of sp³-hybridized carbons (Fsp3) is 0.440. The Morgan fingerprint density at radius 3 is 2.12 bits per heavy atom. The molecule has 1 fully saturated rings. The highest BCUT2D eigenvalue weighted by molar-refractivity contribution is 5.94. The lowest BCUT2D eigenvalue weighted by Gasteiger charge is -2.30. The number of carbonyl (C=O) groups excluding carboxylic acids is 1. The van der Waals surface area contributed by atoms with Gasteiger partial charge in [0, 0.05) is 11.8 Å². The van der Waals surface area contributed by atoms with Gasteiger partial charge in [-0.25, -0.2) is 19.6 Å². The molecule has 3 rings (SSSR count). The van der Waals surface area contributed by atoms with E-state index in [9.17, 15) is 31.1 Å². The summed E-state index contributed by atoms with van der Waals surface area (Å²) >= 11 is 0. The van der Waals surface area contributed by atoms with Gasteiger partial charge in [0.25, 0.3) is 0 Å². The van der Waals surface area contributed by atoms with E-state index in [1.807, 2.05) is 25.1 Å². The second kappa shape index (κ2) is 16.1. The predicted octanol–water partition coefficient (Wildman–Crippen LogP) is 4.11. The van der Waals surface area contributed by atoms with Crippen molar-refractivity contribution in [2.24, 2.45) is 16.5 Å². The SMILES string of the molecule is C=CCCC(=O)Nc1nc(NC2CCCCC2N=C(N)N)c2cc(C)ccc2n1.O=C(O)C(F)(F)F.O=C(O)C(F)(F)F. The number of aliphatic imine (C=N–C) groups is 1. The number of fused-ring (bicyclic) bond motifs is 1. The van der Waals surface area contributed by atoms with Crippen molar-refractivity contribution in [3.63, 3.8) is 0 Å². The molecule has 1 aromatic heterocycles. The molecule has 1 saturated carbocycles. The third-order valence-electron chi connectivity index (χ3n) is 5.53. The highest BCUT2D eigenvalue weighted by Crippen LogP contribution is 2.29. The molecule has 2 unspecified atom stereocenters. The number of carboxylic acids is 2. The lowest BCUT2D eigenvalue weighted by Crippen LogP contribution is -2.38. The van der Waals surface area contributed by atoms with E-state index in [1.54, 1.807) is 6.08 Å². The zero-order valence-corrected chi connectivity index (χ0v) is 22.8. The van der Waals surface area contributed by atoms with Crippen LogP contribution >= 0.6 is 0 Å². The van der Waals surface area contributed by atoms with Gasteiger partial charge in [-0.05, 0) is 38.3 Å². The number of anilines is 2. The Hall–Kier alpha value is -4.64. The van der Waals surface area contributed by atoms with Crippen LogP contribution in [0.25, 0.3) is 10.9 Å². The van der Waals surface area contributed by atoms with E-state index in [2.05, 4.69) is 32.2 Å². The van der Waals surface area contributed by atoms with Gasteiger partial charge in [-0.1, -0.05) is 30.5 Å². The maximum absolute atomic E-state index is 12.1. The number of nitrogens with one attached hydrogen (secondary N) is 2. The van der Waals surface area contributed by atoms with Gasteiger partial charge in [-0.3, -0.25) is 10.1 Å². The van der Waals surface area contributed by atoms with Crippen LogP contribution in [0.5, 0.6) is 0 Å². The molecule has 0 aliphatic heterocycles. The number of carboxylic acid groups (broad SMARTS) is 2. The van der Waals surface area contributed by atoms with Gasteiger partial charge in [-0.15, -0.1) is 6.58 Å². The fourth-order valence-electron chi connectivity index (χ4n) is 3.63. The topological polar surface area (TPSA) is 206 Å². The van der Waals surface area contributed by atoms with Gasteiger partial charge in [0.2, 0.25) is 11.9 Å². The molecular weight excluding hydrogens is 592 g/mol. The van der Waals surface area contributed by atoms with E-state index < -0.39 is 24.3 Å². The third-order valence-corrected chi connectivity index (χ3v) is 5.53. The van der Waals surface area contributed by atoms with Crippen molar-refractivity contribution in [1.82, 2.24) is 9.97 Å². The Labute approximate surface area is 241 Å². The number of halogens is 6. The van der Waals surface area contributed by atoms with Gasteiger partial charge in [0.1, 0.15) is 5.82 Å². The van der Waals surface area contributed by atoms with Crippen molar-refractivity contribution in [2.45, 2.75) is 69.9 Å². The van der Waals surface area contributed by atoms with Crippen LogP contribution in [0.4, 0.5) is 38.1 Å². The van der Waals surface area contributed by atoms with Crippen LogP contribution in [0.3, 0.4) is 0 Å². The molecule has 1 amide bonds. The lowest BCUT2D eigenvalue weighted by molar-refractivity contribution is -0.193. The number of alkyl halides is 6. The van der Waals surface area contributed by atoms with Crippen molar-refractivity contribution in [1.29, 1.82) is 0 Å². The van der Waals surface area contributed by atoms with Crippen molar-refractivity contribution in [2.75, 3.05) is 10.6 Å². The normalized spacial score (nSPS) is 16.3. The van der Waals surface area contributed by atoms with E-state index in [4.69, 9.17) is 31.3 Å². The van der Waals surface area contributed by atoms with Crippen molar-refractivity contribution in [3.05, 3.63) is 36.4 Å². The van der Waals surface area contributed by atoms with Crippen LogP contribution in [0.2, 0.25) is 0 Å². The second-order valence-electron chi connectivity index (χ2n) is 9.05. The molecule has 1 heterocycles. The van der Waals surface area contributed by atoms with E-state index >= 15 is 0 Å². The summed E-state index contributed by atoms with van der Waals surface area (Å²) < 4.78 is 63.5. The number of rotatable bonds is 7. The van der Waals surface area contributed by atoms with Crippen molar-refractivity contribution >= 4 is 46.5 Å². The van der Waals surface area contributed by atoms with Crippen LogP contribution < -0.4 is 22.1 Å². The number of aliphatic carboxylic acids is 2. The van der Waals surface area contributed by atoms with Crippen LogP contribution in [0, 0.1) is 6.92 Å². The minimum Gasteiger partial charge on any atom is -0.475 e. The van der Waals surface area contributed by atoms with Crippen molar-refractivity contribution < 1.29 is 50.9 Å². The Kier molecular flexibility index (Phi) is 13.6. The molecule has 1 aliphatic carbocycles. The zero-order valence-electron chi connectivity index (χ0n) is 22.8. The summed E-state index contributed by atoms with van der Waals surface area (Å²) in [5.74, 6) is -4.59. The van der Waals surface area contributed by atoms with E-state index in [0.29, 0.717) is 18.7 Å². The Bertz CT molecular complexity index is 1290. The predicted molar refractivity (Wildman–Crippen MR) is 145 cm³/mol. The van der Waals surface area contributed by atoms with E-state index in [1.165, 1.54) is 0 Å². The maximum Gasteiger partial charge on any atom is 0.490 e. The largest absolute Gasteiger partial charge is 0.490 e. The summed E-state index contributed by atoms with van der Waals surface area (Å²) in [6, 6.07) is 6.03. The zero-order chi connectivity index (χ0) is 33.0. The summed E-state index contributed by atoms with van der Waals surface area (Å²) in [4.78, 5) is 43.4. The summed E-state index contributed by atoms with van der Waals surface area (Å²) in [5.41, 5.74) is 13.1. The monoisotopic (exact) mass is 623 g/mol. The average molecular weight is 624 g/mol. The molecule has 2 aromatic rings. The number of amides is 1. The smallest absolute Gasteiger partial charge is 0.475 e. The van der Waals surface area contributed by atoms with Gasteiger partial charge < -0.3 is 27.0 Å². The van der Waals surface area contributed by atoms with Crippen LogP contribution in [-0.2, 0) is 14.4 Å².